The maximum Gasteiger partial charge on any atom is 0.120 e. The van der Waals surface area contributed by atoms with E-state index in [2.05, 4.69) is 11.9 Å². The van der Waals surface area contributed by atoms with Crippen LogP contribution in [0, 0.1) is 6.92 Å². The van der Waals surface area contributed by atoms with Gasteiger partial charge in [-0.15, -0.1) is 0 Å². The highest BCUT2D eigenvalue weighted by atomic mass is 16.5. The quantitative estimate of drug-likeness (QED) is 0.564. The van der Waals surface area contributed by atoms with E-state index in [9.17, 15) is 5.11 Å². The molecule has 0 fully saturated rings. The minimum Gasteiger partial charge on any atom is -0.508 e. The summed E-state index contributed by atoms with van der Waals surface area (Å²) < 4.78 is 5.04. The number of rotatable bonds is 7. The van der Waals surface area contributed by atoms with Crippen LogP contribution in [0.4, 0.5) is 0 Å². The molecule has 17 heavy (non-hydrogen) atoms. The van der Waals surface area contributed by atoms with Crippen molar-refractivity contribution in [1.29, 1.82) is 0 Å². The third-order valence-electron chi connectivity index (χ3n) is 2.66. The molecule has 1 rings (SSSR count). The van der Waals surface area contributed by atoms with Crippen molar-refractivity contribution in [3.63, 3.8) is 0 Å². The summed E-state index contributed by atoms with van der Waals surface area (Å²) in [5.74, 6) is 0.345. The Morgan fingerprint density at radius 3 is 3.00 bits per heavy atom. The summed E-state index contributed by atoms with van der Waals surface area (Å²) >= 11 is 0. The Morgan fingerprint density at radius 1 is 1.53 bits per heavy atom. The van der Waals surface area contributed by atoms with Gasteiger partial charge in [0.2, 0.25) is 0 Å². The Kier molecular flexibility index (Phi) is 5.57. The first-order valence-electron chi connectivity index (χ1n) is 5.90. The summed E-state index contributed by atoms with van der Waals surface area (Å²) in [6, 6.07) is 5.79. The van der Waals surface area contributed by atoms with Gasteiger partial charge in [0, 0.05) is 11.6 Å². The SMILES string of the molecule is C=COCCCNC(C)c1cc(C)ccc1O. The molecule has 0 aliphatic carbocycles. The zero-order chi connectivity index (χ0) is 12.7. The van der Waals surface area contributed by atoms with Crippen molar-refractivity contribution >= 4 is 0 Å². The van der Waals surface area contributed by atoms with Gasteiger partial charge >= 0.3 is 0 Å². The summed E-state index contributed by atoms with van der Waals surface area (Å²) in [6.45, 7) is 9.07. The maximum absolute atomic E-state index is 9.77. The lowest BCUT2D eigenvalue weighted by Gasteiger charge is -2.16. The van der Waals surface area contributed by atoms with Gasteiger partial charge < -0.3 is 15.2 Å². The van der Waals surface area contributed by atoms with Crippen LogP contribution in [0.15, 0.2) is 31.0 Å². The van der Waals surface area contributed by atoms with Crippen molar-refractivity contribution in [3.8, 4) is 5.75 Å². The lowest BCUT2D eigenvalue weighted by Crippen LogP contribution is -2.20. The number of hydrogen-bond donors (Lipinski definition) is 2. The van der Waals surface area contributed by atoms with Gasteiger partial charge in [0.25, 0.3) is 0 Å². The Balaban J connectivity index is 2.43. The highest BCUT2D eigenvalue weighted by Crippen LogP contribution is 2.24. The smallest absolute Gasteiger partial charge is 0.120 e. The molecule has 0 amide bonds. The molecule has 94 valence electrons. The molecule has 0 bridgehead atoms. The molecule has 0 aliphatic rings. The minimum atomic E-state index is 0.138. The maximum atomic E-state index is 9.77. The van der Waals surface area contributed by atoms with Gasteiger partial charge in [-0.3, -0.25) is 0 Å². The predicted octanol–water partition coefficient (Wildman–Crippen LogP) is 2.90. The summed E-state index contributed by atoms with van der Waals surface area (Å²) in [5.41, 5.74) is 2.09. The molecule has 2 N–H and O–H groups in total. The van der Waals surface area contributed by atoms with E-state index in [-0.39, 0.29) is 6.04 Å². The average Bonchev–Trinajstić information content (AvgIpc) is 2.32. The van der Waals surface area contributed by atoms with Gasteiger partial charge in [-0.2, -0.15) is 0 Å². The van der Waals surface area contributed by atoms with E-state index < -0.39 is 0 Å². The van der Waals surface area contributed by atoms with Crippen LogP contribution in [0.3, 0.4) is 0 Å². The molecule has 0 radical (unpaired) electrons. The number of phenols is 1. The molecule has 0 aliphatic heterocycles. The molecular formula is C14H21NO2. The molecule has 3 heteroatoms. The molecule has 0 saturated heterocycles. The Hall–Kier alpha value is -1.48. The molecular weight excluding hydrogens is 214 g/mol. The first-order chi connectivity index (χ1) is 8.15. The number of benzene rings is 1. The van der Waals surface area contributed by atoms with Gasteiger partial charge in [-0.05, 0) is 32.9 Å². The third kappa shape index (κ3) is 4.49. The molecule has 0 saturated carbocycles. The fourth-order valence-electron chi connectivity index (χ4n) is 1.69. The van der Waals surface area contributed by atoms with E-state index in [1.165, 1.54) is 6.26 Å². The minimum absolute atomic E-state index is 0.138. The van der Waals surface area contributed by atoms with Gasteiger partial charge in [0.05, 0.1) is 12.9 Å². The zero-order valence-corrected chi connectivity index (χ0v) is 10.6. The van der Waals surface area contributed by atoms with Gasteiger partial charge in [-0.25, -0.2) is 0 Å². The van der Waals surface area contributed by atoms with Crippen molar-refractivity contribution in [2.24, 2.45) is 0 Å². The Bertz CT molecular complexity index is 363. The predicted molar refractivity (Wildman–Crippen MR) is 70.0 cm³/mol. The van der Waals surface area contributed by atoms with Gasteiger partial charge in [0.1, 0.15) is 5.75 Å². The van der Waals surface area contributed by atoms with E-state index >= 15 is 0 Å². The van der Waals surface area contributed by atoms with Crippen molar-refractivity contribution < 1.29 is 9.84 Å². The lowest BCUT2D eigenvalue weighted by atomic mass is 10.0. The van der Waals surface area contributed by atoms with Crippen molar-refractivity contribution in [3.05, 3.63) is 42.2 Å². The normalized spacial score (nSPS) is 12.1. The lowest BCUT2D eigenvalue weighted by molar-refractivity contribution is 0.243. The highest BCUT2D eigenvalue weighted by molar-refractivity contribution is 5.37. The Morgan fingerprint density at radius 2 is 2.29 bits per heavy atom. The number of hydrogen-bond acceptors (Lipinski definition) is 3. The van der Waals surface area contributed by atoms with Crippen LogP contribution in [0.5, 0.6) is 5.75 Å². The second-order valence-electron chi connectivity index (χ2n) is 4.13. The number of aromatic hydroxyl groups is 1. The summed E-state index contributed by atoms with van der Waals surface area (Å²) in [5, 5.41) is 13.1. The zero-order valence-electron chi connectivity index (χ0n) is 10.6. The Labute approximate surface area is 103 Å². The third-order valence-corrected chi connectivity index (χ3v) is 2.66. The number of phenolic OH excluding ortho intramolecular Hbond substituents is 1. The van der Waals surface area contributed by atoms with Crippen LogP contribution < -0.4 is 5.32 Å². The van der Waals surface area contributed by atoms with E-state index in [0.717, 1.165) is 24.1 Å². The van der Waals surface area contributed by atoms with Gasteiger partial charge in [0.15, 0.2) is 0 Å². The molecule has 1 unspecified atom stereocenters. The first-order valence-corrected chi connectivity index (χ1v) is 5.90. The van der Waals surface area contributed by atoms with Crippen molar-refractivity contribution in [2.75, 3.05) is 13.2 Å². The highest BCUT2D eigenvalue weighted by Gasteiger charge is 2.09. The number of aryl methyl sites for hydroxylation is 1. The number of nitrogens with one attached hydrogen (secondary N) is 1. The molecule has 0 heterocycles. The van der Waals surface area contributed by atoms with Crippen LogP contribution in [-0.2, 0) is 4.74 Å². The topological polar surface area (TPSA) is 41.5 Å². The van der Waals surface area contributed by atoms with Crippen LogP contribution in [0.25, 0.3) is 0 Å². The van der Waals surface area contributed by atoms with Crippen molar-refractivity contribution in [2.45, 2.75) is 26.3 Å². The molecule has 0 aromatic heterocycles. The standard InChI is InChI=1S/C14H21NO2/c1-4-17-9-5-8-15-12(3)13-10-11(2)6-7-14(13)16/h4,6-7,10,12,15-16H,1,5,8-9H2,2-3H3. The van der Waals surface area contributed by atoms with Crippen LogP contribution in [0.1, 0.15) is 30.5 Å². The monoisotopic (exact) mass is 235 g/mol. The summed E-state index contributed by atoms with van der Waals surface area (Å²) in [4.78, 5) is 0. The van der Waals surface area contributed by atoms with E-state index in [1.807, 2.05) is 26.0 Å². The summed E-state index contributed by atoms with van der Waals surface area (Å²) in [7, 11) is 0. The first kappa shape index (κ1) is 13.6. The van der Waals surface area contributed by atoms with E-state index in [4.69, 9.17) is 4.74 Å². The second kappa shape index (κ2) is 6.97. The average molecular weight is 235 g/mol. The molecule has 1 aromatic rings. The summed E-state index contributed by atoms with van der Waals surface area (Å²) in [6.07, 6.45) is 2.37. The molecule has 0 spiro atoms. The fourth-order valence-corrected chi connectivity index (χ4v) is 1.69. The number of ether oxygens (including phenoxy) is 1. The van der Waals surface area contributed by atoms with Crippen LogP contribution >= 0.6 is 0 Å². The van der Waals surface area contributed by atoms with Crippen LogP contribution in [-0.4, -0.2) is 18.3 Å². The van der Waals surface area contributed by atoms with Crippen molar-refractivity contribution in [1.82, 2.24) is 5.32 Å². The van der Waals surface area contributed by atoms with Crippen LogP contribution in [0.2, 0.25) is 0 Å². The van der Waals surface area contributed by atoms with E-state index in [1.54, 1.807) is 6.07 Å². The molecule has 1 aromatic carbocycles. The molecule has 1 atom stereocenters. The second-order valence-corrected chi connectivity index (χ2v) is 4.13. The van der Waals surface area contributed by atoms with E-state index in [0.29, 0.717) is 12.4 Å². The molecule has 3 nitrogen and oxygen atoms in total. The van der Waals surface area contributed by atoms with Gasteiger partial charge in [-0.1, -0.05) is 24.3 Å². The largest absolute Gasteiger partial charge is 0.508 e. The fraction of sp³-hybridized carbons (Fsp3) is 0.429.